The third-order valence-electron chi connectivity index (χ3n) is 3.07. The first-order chi connectivity index (χ1) is 8.43. The molecule has 0 saturated carbocycles. The van der Waals surface area contributed by atoms with Gasteiger partial charge in [-0.15, -0.1) is 0 Å². The van der Waals surface area contributed by atoms with Gasteiger partial charge in [0.15, 0.2) is 11.5 Å². The van der Waals surface area contributed by atoms with E-state index in [2.05, 4.69) is 11.4 Å². The van der Waals surface area contributed by atoms with Crippen molar-refractivity contribution in [1.82, 2.24) is 5.32 Å². The summed E-state index contributed by atoms with van der Waals surface area (Å²) in [5.74, 6) is 1.77. The third kappa shape index (κ3) is 2.37. The van der Waals surface area contributed by atoms with E-state index in [1.807, 2.05) is 12.1 Å². The fourth-order valence-corrected chi connectivity index (χ4v) is 2.00. The van der Waals surface area contributed by atoms with Crippen LogP contribution in [-0.2, 0) is 11.3 Å². The van der Waals surface area contributed by atoms with Crippen LogP contribution in [0.1, 0.15) is 12.0 Å². The van der Waals surface area contributed by atoms with Gasteiger partial charge in [0.25, 0.3) is 0 Å². The highest BCUT2D eigenvalue weighted by molar-refractivity contribution is 5.47. The van der Waals surface area contributed by atoms with Crippen molar-refractivity contribution in [3.8, 4) is 11.5 Å². The SMILES string of the molecule is c1cc(CNC2COC2)c2c(c1)OCCCO2. The molecule has 0 atom stereocenters. The highest BCUT2D eigenvalue weighted by atomic mass is 16.5. The second-order valence-corrected chi connectivity index (χ2v) is 4.41. The van der Waals surface area contributed by atoms with Crippen molar-refractivity contribution in [3.05, 3.63) is 23.8 Å². The summed E-state index contributed by atoms with van der Waals surface area (Å²) >= 11 is 0. The Kier molecular flexibility index (Phi) is 3.16. The van der Waals surface area contributed by atoms with Crippen LogP contribution < -0.4 is 14.8 Å². The van der Waals surface area contributed by atoms with Gasteiger partial charge in [0.2, 0.25) is 0 Å². The Morgan fingerprint density at radius 1 is 1.18 bits per heavy atom. The van der Waals surface area contributed by atoms with Crippen molar-refractivity contribution >= 4 is 0 Å². The molecule has 0 radical (unpaired) electrons. The lowest BCUT2D eigenvalue weighted by molar-refractivity contribution is -0.00586. The number of fused-ring (bicyclic) bond motifs is 1. The molecule has 92 valence electrons. The van der Waals surface area contributed by atoms with Gasteiger partial charge in [0, 0.05) is 18.5 Å². The van der Waals surface area contributed by atoms with E-state index in [1.165, 1.54) is 0 Å². The fourth-order valence-electron chi connectivity index (χ4n) is 2.00. The molecule has 3 rings (SSSR count). The molecule has 1 N–H and O–H groups in total. The molecule has 1 saturated heterocycles. The quantitative estimate of drug-likeness (QED) is 0.858. The van der Waals surface area contributed by atoms with Crippen molar-refractivity contribution in [3.63, 3.8) is 0 Å². The first kappa shape index (κ1) is 10.9. The van der Waals surface area contributed by atoms with E-state index >= 15 is 0 Å². The Balaban J connectivity index is 1.73. The van der Waals surface area contributed by atoms with Crippen LogP contribution in [0, 0.1) is 0 Å². The zero-order valence-electron chi connectivity index (χ0n) is 9.78. The number of nitrogens with one attached hydrogen (secondary N) is 1. The van der Waals surface area contributed by atoms with Gasteiger partial charge < -0.3 is 19.5 Å². The van der Waals surface area contributed by atoms with Crippen molar-refractivity contribution < 1.29 is 14.2 Å². The number of ether oxygens (including phenoxy) is 3. The van der Waals surface area contributed by atoms with E-state index in [4.69, 9.17) is 14.2 Å². The molecule has 0 spiro atoms. The van der Waals surface area contributed by atoms with Crippen LogP contribution in [0.15, 0.2) is 18.2 Å². The second kappa shape index (κ2) is 4.94. The normalized spacial score (nSPS) is 19.5. The number of benzene rings is 1. The smallest absolute Gasteiger partial charge is 0.165 e. The molecule has 1 aromatic rings. The number of hydrogen-bond donors (Lipinski definition) is 1. The average molecular weight is 235 g/mol. The molecule has 0 aliphatic carbocycles. The minimum Gasteiger partial charge on any atom is -0.490 e. The summed E-state index contributed by atoms with van der Waals surface area (Å²) in [6, 6.07) is 6.55. The van der Waals surface area contributed by atoms with Gasteiger partial charge in [0.1, 0.15) is 0 Å². The molecule has 2 aliphatic heterocycles. The van der Waals surface area contributed by atoms with Crippen LogP contribution >= 0.6 is 0 Å². The van der Waals surface area contributed by atoms with Gasteiger partial charge >= 0.3 is 0 Å². The summed E-state index contributed by atoms with van der Waals surface area (Å²) in [5.41, 5.74) is 1.16. The molecule has 4 nitrogen and oxygen atoms in total. The summed E-state index contributed by atoms with van der Waals surface area (Å²) in [4.78, 5) is 0. The maximum atomic E-state index is 5.77. The van der Waals surface area contributed by atoms with Crippen molar-refractivity contribution in [1.29, 1.82) is 0 Å². The Morgan fingerprint density at radius 3 is 2.88 bits per heavy atom. The third-order valence-corrected chi connectivity index (χ3v) is 3.07. The highest BCUT2D eigenvalue weighted by Crippen LogP contribution is 2.33. The molecule has 4 heteroatoms. The Bertz CT molecular complexity index is 390. The molecule has 2 heterocycles. The molecule has 0 bridgehead atoms. The molecule has 17 heavy (non-hydrogen) atoms. The number of hydrogen-bond acceptors (Lipinski definition) is 4. The van der Waals surface area contributed by atoms with Crippen LogP contribution in [0.5, 0.6) is 11.5 Å². The molecule has 0 amide bonds. The minimum absolute atomic E-state index is 0.484. The summed E-state index contributed by atoms with van der Waals surface area (Å²) in [7, 11) is 0. The fraction of sp³-hybridized carbons (Fsp3) is 0.538. The summed E-state index contributed by atoms with van der Waals surface area (Å²) in [6.07, 6.45) is 0.942. The first-order valence-electron chi connectivity index (χ1n) is 6.12. The number of rotatable bonds is 3. The van der Waals surface area contributed by atoms with E-state index in [0.717, 1.165) is 56.5 Å². The number of para-hydroxylation sites is 1. The molecule has 2 aliphatic rings. The van der Waals surface area contributed by atoms with E-state index in [9.17, 15) is 0 Å². The first-order valence-corrected chi connectivity index (χ1v) is 6.12. The largest absolute Gasteiger partial charge is 0.490 e. The zero-order valence-corrected chi connectivity index (χ0v) is 9.78. The lowest BCUT2D eigenvalue weighted by atomic mass is 10.1. The highest BCUT2D eigenvalue weighted by Gasteiger charge is 2.19. The molecule has 1 fully saturated rings. The predicted octanol–water partition coefficient (Wildman–Crippen LogP) is 1.34. The van der Waals surface area contributed by atoms with Gasteiger partial charge in [-0.1, -0.05) is 12.1 Å². The maximum Gasteiger partial charge on any atom is 0.165 e. The average Bonchev–Trinajstić information content (AvgIpc) is 2.52. The monoisotopic (exact) mass is 235 g/mol. The lowest BCUT2D eigenvalue weighted by Gasteiger charge is -2.27. The van der Waals surface area contributed by atoms with Crippen molar-refractivity contribution in [2.45, 2.75) is 19.0 Å². The van der Waals surface area contributed by atoms with Gasteiger partial charge in [-0.2, -0.15) is 0 Å². The van der Waals surface area contributed by atoms with Gasteiger partial charge in [0.05, 0.1) is 32.5 Å². The summed E-state index contributed by atoms with van der Waals surface area (Å²) in [6.45, 7) is 3.90. The standard InChI is InChI=1S/C13H17NO3/c1-3-10(7-14-11-8-15-9-11)13-12(4-1)16-5-2-6-17-13/h1,3-4,11,14H,2,5-9H2. The molecular formula is C13H17NO3. The predicted molar refractivity (Wildman–Crippen MR) is 63.5 cm³/mol. The molecule has 0 aromatic heterocycles. The van der Waals surface area contributed by atoms with Gasteiger partial charge in [-0.3, -0.25) is 0 Å². The molecular weight excluding hydrogens is 218 g/mol. The van der Waals surface area contributed by atoms with Crippen LogP contribution in [0.25, 0.3) is 0 Å². The van der Waals surface area contributed by atoms with E-state index < -0.39 is 0 Å². The van der Waals surface area contributed by atoms with Gasteiger partial charge in [-0.05, 0) is 6.07 Å². The summed E-state index contributed by atoms with van der Waals surface area (Å²) in [5, 5.41) is 3.45. The van der Waals surface area contributed by atoms with Crippen LogP contribution in [0.3, 0.4) is 0 Å². The van der Waals surface area contributed by atoms with E-state index in [0.29, 0.717) is 6.04 Å². The Morgan fingerprint density at radius 2 is 2.06 bits per heavy atom. The topological polar surface area (TPSA) is 39.7 Å². The molecule has 0 unspecified atom stereocenters. The Hall–Kier alpha value is -1.26. The van der Waals surface area contributed by atoms with Crippen LogP contribution in [-0.4, -0.2) is 32.5 Å². The van der Waals surface area contributed by atoms with Gasteiger partial charge in [-0.25, -0.2) is 0 Å². The van der Waals surface area contributed by atoms with E-state index in [1.54, 1.807) is 0 Å². The van der Waals surface area contributed by atoms with Crippen molar-refractivity contribution in [2.75, 3.05) is 26.4 Å². The van der Waals surface area contributed by atoms with Crippen LogP contribution in [0.2, 0.25) is 0 Å². The minimum atomic E-state index is 0.484. The van der Waals surface area contributed by atoms with E-state index in [-0.39, 0.29) is 0 Å². The van der Waals surface area contributed by atoms with Crippen molar-refractivity contribution in [2.24, 2.45) is 0 Å². The lowest BCUT2D eigenvalue weighted by Crippen LogP contribution is -2.45. The maximum absolute atomic E-state index is 5.77. The Labute approximate surface area is 101 Å². The van der Waals surface area contributed by atoms with Crippen LogP contribution in [0.4, 0.5) is 0 Å². The summed E-state index contributed by atoms with van der Waals surface area (Å²) < 4.78 is 16.6. The zero-order chi connectivity index (χ0) is 11.5. The molecule has 1 aromatic carbocycles. The second-order valence-electron chi connectivity index (χ2n) is 4.41.